The fourth-order valence-electron chi connectivity index (χ4n) is 2.37. The lowest BCUT2D eigenvalue weighted by Crippen LogP contribution is -2.16. The lowest BCUT2D eigenvalue weighted by Gasteiger charge is -2.08. The Morgan fingerprint density at radius 2 is 1.72 bits per heavy atom. The van der Waals surface area contributed by atoms with Crippen LogP contribution in [0.1, 0.15) is 11.1 Å². The number of hydrogen-bond acceptors (Lipinski definition) is 3. The summed E-state index contributed by atoms with van der Waals surface area (Å²) in [5.74, 6) is -0.250. The zero-order valence-electron chi connectivity index (χ0n) is 13.6. The number of pyridine rings is 1. The van der Waals surface area contributed by atoms with Crippen LogP contribution in [0.25, 0.3) is 0 Å². The van der Waals surface area contributed by atoms with Crippen LogP contribution in [0.5, 0.6) is 0 Å². The average Bonchev–Trinajstić information content (AvgIpc) is 2.64. The van der Waals surface area contributed by atoms with Crippen molar-refractivity contribution in [3.8, 4) is 0 Å². The highest BCUT2D eigenvalue weighted by molar-refractivity contribution is 5.91. The van der Waals surface area contributed by atoms with E-state index in [9.17, 15) is 9.18 Å². The van der Waals surface area contributed by atoms with Crippen molar-refractivity contribution < 1.29 is 9.18 Å². The first-order chi connectivity index (χ1) is 12.2. The SMILES string of the molecule is O=C(Cc1ccccc1F)Nc1ccc(NCc2ccccc2)cn1. The third kappa shape index (κ3) is 4.88. The molecule has 0 atom stereocenters. The van der Waals surface area contributed by atoms with Gasteiger partial charge in [0.2, 0.25) is 5.91 Å². The number of carbonyl (C=O) groups excluding carboxylic acids is 1. The molecule has 25 heavy (non-hydrogen) atoms. The molecule has 0 aliphatic carbocycles. The quantitative estimate of drug-likeness (QED) is 0.715. The van der Waals surface area contributed by atoms with Gasteiger partial charge in [-0.1, -0.05) is 48.5 Å². The number of nitrogens with zero attached hydrogens (tertiary/aromatic N) is 1. The summed E-state index contributed by atoms with van der Waals surface area (Å²) < 4.78 is 13.6. The first-order valence-electron chi connectivity index (χ1n) is 7.98. The van der Waals surface area contributed by atoms with Crippen LogP contribution in [0.4, 0.5) is 15.9 Å². The molecule has 3 rings (SSSR count). The van der Waals surface area contributed by atoms with Crippen LogP contribution in [0.2, 0.25) is 0 Å². The van der Waals surface area contributed by atoms with E-state index in [1.807, 2.05) is 36.4 Å². The monoisotopic (exact) mass is 335 g/mol. The average molecular weight is 335 g/mol. The first-order valence-corrected chi connectivity index (χ1v) is 7.98. The van der Waals surface area contributed by atoms with Crippen molar-refractivity contribution in [3.63, 3.8) is 0 Å². The molecule has 0 spiro atoms. The highest BCUT2D eigenvalue weighted by Crippen LogP contribution is 2.13. The van der Waals surface area contributed by atoms with E-state index in [1.165, 1.54) is 11.6 Å². The molecule has 1 heterocycles. The van der Waals surface area contributed by atoms with Crippen molar-refractivity contribution in [2.45, 2.75) is 13.0 Å². The molecule has 0 saturated heterocycles. The van der Waals surface area contributed by atoms with Crippen molar-refractivity contribution in [1.29, 1.82) is 0 Å². The number of anilines is 2. The second kappa shape index (κ2) is 8.06. The van der Waals surface area contributed by atoms with Crippen LogP contribution < -0.4 is 10.6 Å². The number of nitrogens with one attached hydrogen (secondary N) is 2. The third-order valence-electron chi connectivity index (χ3n) is 3.68. The lowest BCUT2D eigenvalue weighted by molar-refractivity contribution is -0.115. The Balaban J connectivity index is 1.53. The van der Waals surface area contributed by atoms with Gasteiger partial charge in [0.25, 0.3) is 0 Å². The number of rotatable bonds is 6. The Morgan fingerprint density at radius 3 is 2.44 bits per heavy atom. The fraction of sp³-hybridized carbons (Fsp3) is 0.100. The topological polar surface area (TPSA) is 54.0 Å². The summed E-state index contributed by atoms with van der Waals surface area (Å²) in [4.78, 5) is 16.2. The molecular weight excluding hydrogens is 317 g/mol. The Morgan fingerprint density at radius 1 is 0.960 bits per heavy atom. The standard InChI is InChI=1S/C20H18FN3O/c21-18-9-5-4-8-16(18)12-20(25)24-19-11-10-17(14-23-19)22-13-15-6-2-1-3-7-15/h1-11,14,22H,12-13H2,(H,23,24,25). The van der Waals surface area contributed by atoms with Gasteiger partial charge in [-0.05, 0) is 29.3 Å². The molecule has 1 aromatic heterocycles. The number of benzene rings is 2. The minimum Gasteiger partial charge on any atom is -0.380 e. The molecular formula is C20H18FN3O. The number of halogens is 1. The van der Waals surface area contributed by atoms with Crippen molar-refractivity contribution >= 4 is 17.4 Å². The van der Waals surface area contributed by atoms with Gasteiger partial charge in [0.1, 0.15) is 11.6 Å². The molecule has 0 bridgehead atoms. The normalized spacial score (nSPS) is 10.3. The molecule has 0 saturated carbocycles. The third-order valence-corrected chi connectivity index (χ3v) is 3.68. The molecule has 0 aliphatic rings. The minimum atomic E-state index is -0.383. The summed E-state index contributed by atoms with van der Waals surface area (Å²) in [5, 5.41) is 5.94. The van der Waals surface area contributed by atoms with Crippen LogP contribution in [0, 0.1) is 5.82 Å². The molecule has 0 fully saturated rings. The summed E-state index contributed by atoms with van der Waals surface area (Å²) >= 11 is 0. The second-order valence-electron chi connectivity index (χ2n) is 5.59. The van der Waals surface area contributed by atoms with E-state index in [0.29, 0.717) is 17.9 Å². The molecule has 0 radical (unpaired) electrons. The molecule has 126 valence electrons. The van der Waals surface area contributed by atoms with Crippen molar-refractivity contribution in [1.82, 2.24) is 4.98 Å². The summed E-state index contributed by atoms with van der Waals surface area (Å²) in [7, 11) is 0. The van der Waals surface area contributed by atoms with Gasteiger partial charge in [0.15, 0.2) is 0 Å². The maximum absolute atomic E-state index is 13.6. The van der Waals surface area contributed by atoms with Gasteiger partial charge < -0.3 is 10.6 Å². The van der Waals surface area contributed by atoms with Gasteiger partial charge in [-0.3, -0.25) is 4.79 Å². The zero-order chi connectivity index (χ0) is 17.5. The molecule has 1 amide bonds. The van der Waals surface area contributed by atoms with Crippen molar-refractivity contribution in [2.24, 2.45) is 0 Å². The zero-order valence-corrected chi connectivity index (χ0v) is 13.6. The molecule has 3 aromatic rings. The predicted octanol–water partition coefficient (Wildman–Crippen LogP) is 4.01. The van der Waals surface area contributed by atoms with E-state index in [0.717, 1.165) is 5.69 Å². The van der Waals surface area contributed by atoms with Crippen molar-refractivity contribution in [3.05, 3.63) is 89.9 Å². The molecule has 2 aromatic carbocycles. The summed E-state index contributed by atoms with van der Waals surface area (Å²) in [5.41, 5.74) is 2.39. The number of carbonyl (C=O) groups is 1. The van der Waals surface area contributed by atoms with Gasteiger partial charge >= 0.3 is 0 Å². The Hall–Kier alpha value is -3.21. The maximum atomic E-state index is 13.6. The molecule has 4 nitrogen and oxygen atoms in total. The first kappa shape index (κ1) is 16.6. The van der Waals surface area contributed by atoms with E-state index in [-0.39, 0.29) is 18.1 Å². The molecule has 0 aliphatic heterocycles. The smallest absolute Gasteiger partial charge is 0.230 e. The summed E-state index contributed by atoms with van der Waals surface area (Å²) in [6, 6.07) is 19.8. The van der Waals surface area contributed by atoms with Gasteiger partial charge in [0, 0.05) is 6.54 Å². The van der Waals surface area contributed by atoms with E-state index in [4.69, 9.17) is 0 Å². The fourth-order valence-corrected chi connectivity index (χ4v) is 2.37. The number of hydrogen-bond donors (Lipinski definition) is 2. The summed E-state index contributed by atoms with van der Waals surface area (Å²) in [6.45, 7) is 0.696. The molecule has 2 N–H and O–H groups in total. The second-order valence-corrected chi connectivity index (χ2v) is 5.59. The Kier molecular flexibility index (Phi) is 5.36. The van der Waals surface area contributed by atoms with Crippen LogP contribution in [0.15, 0.2) is 72.9 Å². The van der Waals surface area contributed by atoms with E-state index < -0.39 is 0 Å². The Labute approximate surface area is 145 Å². The lowest BCUT2D eigenvalue weighted by atomic mass is 10.1. The molecule has 5 heteroatoms. The number of amides is 1. The minimum absolute atomic E-state index is 0.0254. The van der Waals surface area contributed by atoms with Crippen LogP contribution in [-0.4, -0.2) is 10.9 Å². The van der Waals surface area contributed by atoms with Crippen molar-refractivity contribution in [2.75, 3.05) is 10.6 Å². The number of aromatic nitrogens is 1. The highest BCUT2D eigenvalue weighted by atomic mass is 19.1. The van der Waals surface area contributed by atoms with E-state index in [2.05, 4.69) is 15.6 Å². The summed E-state index contributed by atoms with van der Waals surface area (Å²) in [6.07, 6.45) is 1.63. The van der Waals surface area contributed by atoms with Gasteiger partial charge in [-0.2, -0.15) is 0 Å². The van der Waals surface area contributed by atoms with Gasteiger partial charge in [-0.25, -0.2) is 9.37 Å². The van der Waals surface area contributed by atoms with Crippen LogP contribution in [0.3, 0.4) is 0 Å². The highest BCUT2D eigenvalue weighted by Gasteiger charge is 2.08. The van der Waals surface area contributed by atoms with Crippen LogP contribution in [-0.2, 0) is 17.8 Å². The molecule has 0 unspecified atom stereocenters. The largest absolute Gasteiger partial charge is 0.380 e. The van der Waals surface area contributed by atoms with E-state index in [1.54, 1.807) is 30.5 Å². The van der Waals surface area contributed by atoms with Crippen LogP contribution >= 0.6 is 0 Å². The van der Waals surface area contributed by atoms with E-state index >= 15 is 0 Å². The predicted molar refractivity (Wildman–Crippen MR) is 96.7 cm³/mol. The van der Waals surface area contributed by atoms with Gasteiger partial charge in [0.05, 0.1) is 18.3 Å². The van der Waals surface area contributed by atoms with Gasteiger partial charge in [-0.15, -0.1) is 0 Å². The maximum Gasteiger partial charge on any atom is 0.230 e. The Bertz CT molecular complexity index is 835.